The third-order valence-electron chi connectivity index (χ3n) is 4.80. The van der Waals surface area contributed by atoms with Gasteiger partial charge < -0.3 is 19.5 Å². The zero-order valence-corrected chi connectivity index (χ0v) is 16.5. The number of hydrogen-bond donors (Lipinski definition) is 1. The summed E-state index contributed by atoms with van der Waals surface area (Å²) in [6, 6.07) is 5.77. The van der Waals surface area contributed by atoms with Gasteiger partial charge in [0.25, 0.3) is 0 Å². The number of piperidine rings is 1. The molecular formula is C20H30ClNO4. The van der Waals surface area contributed by atoms with Crippen LogP contribution in [0.4, 0.5) is 4.79 Å². The first-order valence-electron chi connectivity index (χ1n) is 9.47. The minimum atomic E-state index is -0.244. The topological polar surface area (TPSA) is 59.0 Å². The summed E-state index contributed by atoms with van der Waals surface area (Å²) in [6.07, 6.45) is 3.31. The molecule has 0 radical (unpaired) electrons. The van der Waals surface area contributed by atoms with Crippen molar-refractivity contribution >= 4 is 17.7 Å². The van der Waals surface area contributed by atoms with Crippen molar-refractivity contribution in [2.45, 2.75) is 45.6 Å². The minimum absolute atomic E-state index is 0.0361. The van der Waals surface area contributed by atoms with E-state index in [4.69, 9.17) is 21.1 Å². The van der Waals surface area contributed by atoms with Crippen molar-refractivity contribution in [1.29, 1.82) is 0 Å². The molecule has 0 aromatic heterocycles. The summed E-state index contributed by atoms with van der Waals surface area (Å²) in [5.74, 6) is 0.145. The van der Waals surface area contributed by atoms with Gasteiger partial charge in [-0.1, -0.05) is 31.0 Å². The van der Waals surface area contributed by atoms with Gasteiger partial charge in [-0.15, -0.1) is 0 Å². The molecular weight excluding hydrogens is 354 g/mol. The van der Waals surface area contributed by atoms with E-state index in [1.165, 1.54) is 0 Å². The Morgan fingerprint density at radius 1 is 1.42 bits per heavy atom. The highest BCUT2D eigenvalue weighted by molar-refractivity contribution is 6.30. The molecule has 1 aromatic carbocycles. The quantitative estimate of drug-likeness (QED) is 0.678. The van der Waals surface area contributed by atoms with Gasteiger partial charge in [-0.05, 0) is 49.4 Å². The number of benzene rings is 1. The standard InChI is InChI=1S/C20H30ClNO4/c1-3-4-11-26-20(24)22-9-5-6-16(14-22)19(25-12-10-23)18-13-17(21)8-7-15(18)2/h7-8,13,16,19,23H,3-6,9-12,14H2,1-2H3/t16?,19-/m1/s1. The molecule has 6 heteroatoms. The number of hydrogen-bond acceptors (Lipinski definition) is 4. The molecule has 146 valence electrons. The lowest BCUT2D eigenvalue weighted by molar-refractivity contribution is -0.0284. The average Bonchev–Trinajstić information content (AvgIpc) is 2.65. The molecule has 1 fully saturated rings. The van der Waals surface area contributed by atoms with Gasteiger partial charge in [-0.3, -0.25) is 0 Å². The van der Waals surface area contributed by atoms with E-state index in [1.54, 1.807) is 4.90 Å². The van der Waals surface area contributed by atoms with Crippen LogP contribution in [0.15, 0.2) is 18.2 Å². The number of halogens is 1. The Bertz CT molecular complexity index is 581. The van der Waals surface area contributed by atoms with Crippen molar-refractivity contribution in [2.24, 2.45) is 5.92 Å². The second-order valence-corrected chi connectivity index (χ2v) is 7.27. The monoisotopic (exact) mass is 383 g/mol. The number of nitrogens with zero attached hydrogens (tertiary/aromatic N) is 1. The average molecular weight is 384 g/mol. The largest absolute Gasteiger partial charge is 0.449 e. The van der Waals surface area contributed by atoms with Crippen LogP contribution in [-0.2, 0) is 9.47 Å². The number of aliphatic hydroxyl groups is 1. The first-order valence-corrected chi connectivity index (χ1v) is 9.84. The van der Waals surface area contributed by atoms with Crippen LogP contribution in [0.25, 0.3) is 0 Å². The fourth-order valence-electron chi connectivity index (χ4n) is 3.40. The van der Waals surface area contributed by atoms with Crippen LogP contribution in [0.3, 0.4) is 0 Å². The predicted molar refractivity (Wildman–Crippen MR) is 103 cm³/mol. The number of ether oxygens (including phenoxy) is 2. The van der Waals surface area contributed by atoms with Gasteiger partial charge in [0.2, 0.25) is 0 Å². The Morgan fingerprint density at radius 2 is 2.23 bits per heavy atom. The number of rotatable bonds is 8. The molecule has 1 N–H and O–H groups in total. The Balaban J connectivity index is 2.11. The Kier molecular flexibility index (Phi) is 8.69. The van der Waals surface area contributed by atoms with Crippen molar-refractivity contribution in [3.05, 3.63) is 34.3 Å². The maximum absolute atomic E-state index is 12.3. The first kappa shape index (κ1) is 21.0. The van der Waals surface area contributed by atoms with E-state index in [-0.39, 0.29) is 31.3 Å². The molecule has 1 aliphatic rings. The van der Waals surface area contributed by atoms with Crippen LogP contribution < -0.4 is 0 Å². The SMILES string of the molecule is CCCCOC(=O)N1CCCC([C@@H](OCCO)c2cc(Cl)ccc2C)C1. The van der Waals surface area contributed by atoms with Gasteiger partial charge in [-0.25, -0.2) is 4.79 Å². The molecule has 1 unspecified atom stereocenters. The van der Waals surface area contributed by atoms with Crippen LogP contribution in [0.5, 0.6) is 0 Å². The molecule has 26 heavy (non-hydrogen) atoms. The highest BCUT2D eigenvalue weighted by atomic mass is 35.5. The Hall–Kier alpha value is -1.30. The molecule has 1 aromatic rings. The molecule has 0 saturated carbocycles. The molecule has 2 atom stereocenters. The molecule has 1 heterocycles. The summed E-state index contributed by atoms with van der Waals surface area (Å²) in [5, 5.41) is 9.87. The van der Waals surface area contributed by atoms with Gasteiger partial charge >= 0.3 is 6.09 Å². The lowest BCUT2D eigenvalue weighted by Crippen LogP contribution is -2.42. The minimum Gasteiger partial charge on any atom is -0.449 e. The normalized spacial score (nSPS) is 18.6. The third-order valence-corrected chi connectivity index (χ3v) is 5.04. The highest BCUT2D eigenvalue weighted by Crippen LogP contribution is 2.35. The Morgan fingerprint density at radius 3 is 2.96 bits per heavy atom. The molecule has 1 aliphatic heterocycles. The summed E-state index contributed by atoms with van der Waals surface area (Å²) in [5.41, 5.74) is 2.12. The molecule has 5 nitrogen and oxygen atoms in total. The molecule has 0 aliphatic carbocycles. The van der Waals surface area contributed by atoms with E-state index in [1.807, 2.05) is 25.1 Å². The zero-order valence-electron chi connectivity index (χ0n) is 15.7. The number of unbranched alkanes of at least 4 members (excludes halogenated alkanes) is 1. The molecule has 0 bridgehead atoms. The number of likely N-dealkylation sites (tertiary alicyclic amines) is 1. The Labute approximate surface area is 161 Å². The van der Waals surface area contributed by atoms with Crippen molar-refractivity contribution in [3.63, 3.8) is 0 Å². The van der Waals surface area contributed by atoms with Gasteiger partial charge in [0.1, 0.15) is 0 Å². The first-order chi connectivity index (χ1) is 12.6. The highest BCUT2D eigenvalue weighted by Gasteiger charge is 2.32. The van der Waals surface area contributed by atoms with Crippen LogP contribution in [0.2, 0.25) is 5.02 Å². The summed E-state index contributed by atoms with van der Waals surface area (Å²) >= 11 is 6.19. The van der Waals surface area contributed by atoms with Crippen molar-refractivity contribution in [1.82, 2.24) is 4.90 Å². The number of carbonyl (C=O) groups is 1. The molecule has 1 amide bonds. The fraction of sp³-hybridized carbons (Fsp3) is 0.650. The van der Waals surface area contributed by atoms with Crippen molar-refractivity contribution in [3.8, 4) is 0 Å². The number of amides is 1. The smallest absolute Gasteiger partial charge is 0.409 e. The van der Waals surface area contributed by atoms with Gasteiger partial charge in [0.15, 0.2) is 0 Å². The van der Waals surface area contributed by atoms with E-state index >= 15 is 0 Å². The van der Waals surface area contributed by atoms with E-state index < -0.39 is 0 Å². The fourth-order valence-corrected chi connectivity index (χ4v) is 3.58. The maximum atomic E-state index is 12.3. The van der Waals surface area contributed by atoms with Gasteiger partial charge in [-0.2, -0.15) is 0 Å². The van der Waals surface area contributed by atoms with E-state index in [2.05, 4.69) is 6.92 Å². The lowest BCUT2D eigenvalue weighted by Gasteiger charge is -2.37. The summed E-state index contributed by atoms with van der Waals surface area (Å²) < 4.78 is 11.4. The predicted octanol–water partition coefficient (Wildman–Crippen LogP) is 4.35. The summed E-state index contributed by atoms with van der Waals surface area (Å²) in [7, 11) is 0. The summed E-state index contributed by atoms with van der Waals surface area (Å²) in [4.78, 5) is 14.1. The maximum Gasteiger partial charge on any atom is 0.409 e. The van der Waals surface area contributed by atoms with Crippen LogP contribution >= 0.6 is 11.6 Å². The molecule has 0 spiro atoms. The van der Waals surface area contributed by atoms with Crippen molar-refractivity contribution in [2.75, 3.05) is 32.9 Å². The van der Waals surface area contributed by atoms with Crippen molar-refractivity contribution < 1.29 is 19.4 Å². The summed E-state index contributed by atoms with van der Waals surface area (Å²) in [6.45, 7) is 6.09. The van der Waals surface area contributed by atoms with Crippen LogP contribution in [-0.4, -0.2) is 49.0 Å². The second-order valence-electron chi connectivity index (χ2n) is 6.83. The molecule has 1 saturated heterocycles. The zero-order chi connectivity index (χ0) is 18.9. The van der Waals surface area contributed by atoms with Gasteiger partial charge in [0, 0.05) is 24.0 Å². The third kappa shape index (κ3) is 5.86. The van der Waals surface area contributed by atoms with Crippen LogP contribution in [0.1, 0.15) is 49.8 Å². The van der Waals surface area contributed by atoms with E-state index in [0.717, 1.165) is 36.8 Å². The second kappa shape index (κ2) is 10.8. The van der Waals surface area contributed by atoms with Gasteiger partial charge in [0.05, 0.1) is 25.9 Å². The number of aryl methyl sites for hydroxylation is 1. The van der Waals surface area contributed by atoms with E-state index in [0.29, 0.717) is 24.7 Å². The van der Waals surface area contributed by atoms with E-state index in [9.17, 15) is 9.90 Å². The van der Waals surface area contributed by atoms with Crippen LogP contribution in [0, 0.1) is 12.8 Å². The number of aliphatic hydroxyl groups excluding tert-OH is 1. The lowest BCUT2D eigenvalue weighted by atomic mass is 9.87. The molecule has 2 rings (SSSR count). The number of carbonyl (C=O) groups excluding carboxylic acids is 1.